The number of hydrogen-bond donors (Lipinski definition) is 1. The standard InChI is InChI=1S/C13H13N3OS3/c1-2-7-18-8-12(17)15-10-3-5-11(6-4-10)20-13-16-14-9-19-13/h2-6,9H,1,7-8H2,(H,15,17). The maximum atomic E-state index is 11.6. The summed E-state index contributed by atoms with van der Waals surface area (Å²) in [6, 6.07) is 7.69. The Morgan fingerprint density at radius 3 is 2.85 bits per heavy atom. The van der Waals surface area contributed by atoms with E-state index in [4.69, 9.17) is 0 Å². The summed E-state index contributed by atoms with van der Waals surface area (Å²) in [5.41, 5.74) is 2.51. The summed E-state index contributed by atoms with van der Waals surface area (Å²) < 4.78 is 0.905. The van der Waals surface area contributed by atoms with Crippen LogP contribution in [0.3, 0.4) is 0 Å². The quantitative estimate of drug-likeness (QED) is 0.624. The summed E-state index contributed by atoms with van der Waals surface area (Å²) >= 11 is 4.60. The van der Waals surface area contributed by atoms with E-state index in [9.17, 15) is 4.79 Å². The molecule has 0 saturated carbocycles. The minimum Gasteiger partial charge on any atom is -0.325 e. The van der Waals surface area contributed by atoms with Gasteiger partial charge < -0.3 is 5.32 Å². The van der Waals surface area contributed by atoms with E-state index in [1.54, 1.807) is 23.3 Å². The molecule has 2 rings (SSSR count). The molecule has 20 heavy (non-hydrogen) atoms. The van der Waals surface area contributed by atoms with Crippen LogP contribution in [0.1, 0.15) is 0 Å². The van der Waals surface area contributed by atoms with Gasteiger partial charge in [0.05, 0.1) is 5.75 Å². The molecule has 7 heteroatoms. The Morgan fingerprint density at radius 2 is 2.20 bits per heavy atom. The second-order valence-electron chi connectivity index (χ2n) is 3.68. The van der Waals surface area contributed by atoms with Gasteiger partial charge in [-0.2, -0.15) is 0 Å². The number of carbonyl (C=O) groups excluding carboxylic acids is 1. The van der Waals surface area contributed by atoms with Crippen molar-refractivity contribution in [2.24, 2.45) is 0 Å². The molecule has 1 N–H and O–H groups in total. The van der Waals surface area contributed by atoms with E-state index in [-0.39, 0.29) is 5.91 Å². The molecule has 0 spiro atoms. The number of nitrogens with one attached hydrogen (secondary N) is 1. The first-order valence-electron chi connectivity index (χ1n) is 5.80. The zero-order valence-corrected chi connectivity index (χ0v) is 13.1. The molecule has 1 aromatic heterocycles. The van der Waals surface area contributed by atoms with Crippen LogP contribution in [-0.2, 0) is 4.79 Å². The SMILES string of the molecule is C=CCSCC(=O)Nc1ccc(Sc2nncs2)cc1. The summed E-state index contributed by atoms with van der Waals surface area (Å²) in [6.45, 7) is 3.62. The Bertz CT molecular complexity index is 555. The molecule has 0 fully saturated rings. The van der Waals surface area contributed by atoms with Gasteiger partial charge in [-0.1, -0.05) is 29.2 Å². The number of anilines is 1. The lowest BCUT2D eigenvalue weighted by molar-refractivity contribution is -0.113. The van der Waals surface area contributed by atoms with Crippen molar-refractivity contribution in [3.05, 3.63) is 42.4 Å². The number of aromatic nitrogens is 2. The van der Waals surface area contributed by atoms with Crippen molar-refractivity contribution in [1.82, 2.24) is 10.2 Å². The number of benzene rings is 1. The average molecular weight is 323 g/mol. The van der Waals surface area contributed by atoms with Crippen LogP contribution in [-0.4, -0.2) is 27.6 Å². The first-order valence-corrected chi connectivity index (χ1v) is 8.65. The number of thioether (sulfide) groups is 1. The maximum Gasteiger partial charge on any atom is 0.234 e. The van der Waals surface area contributed by atoms with Crippen LogP contribution >= 0.6 is 34.9 Å². The number of hydrogen-bond acceptors (Lipinski definition) is 6. The van der Waals surface area contributed by atoms with E-state index in [0.717, 1.165) is 20.7 Å². The fraction of sp³-hybridized carbons (Fsp3) is 0.154. The Kier molecular flexibility index (Phi) is 6.10. The first kappa shape index (κ1) is 15.1. The van der Waals surface area contributed by atoms with Crippen molar-refractivity contribution in [3.8, 4) is 0 Å². The molecule has 0 aliphatic rings. The van der Waals surface area contributed by atoms with Crippen LogP contribution in [0.25, 0.3) is 0 Å². The molecule has 0 bridgehead atoms. The Morgan fingerprint density at radius 1 is 1.40 bits per heavy atom. The van der Waals surface area contributed by atoms with Gasteiger partial charge in [0, 0.05) is 16.3 Å². The van der Waals surface area contributed by atoms with Gasteiger partial charge in [-0.25, -0.2) is 0 Å². The molecule has 0 saturated heterocycles. The number of rotatable bonds is 7. The molecular formula is C13H13N3OS3. The van der Waals surface area contributed by atoms with Crippen molar-refractivity contribution in [2.75, 3.05) is 16.8 Å². The monoisotopic (exact) mass is 323 g/mol. The normalized spacial score (nSPS) is 10.2. The van der Waals surface area contributed by atoms with Gasteiger partial charge in [-0.05, 0) is 24.3 Å². The van der Waals surface area contributed by atoms with Gasteiger partial charge in [0.25, 0.3) is 0 Å². The van der Waals surface area contributed by atoms with Crippen molar-refractivity contribution < 1.29 is 4.79 Å². The Labute approximate surface area is 130 Å². The zero-order valence-electron chi connectivity index (χ0n) is 10.6. The third kappa shape index (κ3) is 4.99. The van der Waals surface area contributed by atoms with E-state index >= 15 is 0 Å². The molecule has 0 aliphatic carbocycles. The summed E-state index contributed by atoms with van der Waals surface area (Å²) in [5.74, 6) is 1.22. The van der Waals surface area contributed by atoms with Crippen LogP contribution in [0.4, 0.5) is 5.69 Å². The van der Waals surface area contributed by atoms with Crippen molar-refractivity contribution >= 4 is 46.5 Å². The molecule has 1 amide bonds. The molecule has 104 valence electrons. The second-order valence-corrected chi connectivity index (χ2v) is 6.87. The van der Waals surface area contributed by atoms with Crippen LogP contribution < -0.4 is 5.32 Å². The van der Waals surface area contributed by atoms with E-state index in [0.29, 0.717) is 5.75 Å². The minimum absolute atomic E-state index is 0.00127. The fourth-order valence-electron chi connectivity index (χ4n) is 1.35. The number of nitrogens with zero attached hydrogens (tertiary/aromatic N) is 2. The highest BCUT2D eigenvalue weighted by Crippen LogP contribution is 2.29. The lowest BCUT2D eigenvalue weighted by Crippen LogP contribution is -2.14. The molecule has 0 radical (unpaired) electrons. The highest BCUT2D eigenvalue weighted by atomic mass is 32.2. The lowest BCUT2D eigenvalue weighted by atomic mass is 10.3. The predicted octanol–water partition coefficient (Wildman–Crippen LogP) is 3.55. The van der Waals surface area contributed by atoms with E-state index in [1.807, 2.05) is 24.3 Å². The molecule has 0 atom stereocenters. The largest absolute Gasteiger partial charge is 0.325 e. The third-order valence-electron chi connectivity index (χ3n) is 2.15. The molecule has 2 aromatic rings. The van der Waals surface area contributed by atoms with E-state index < -0.39 is 0 Å². The molecule has 4 nitrogen and oxygen atoms in total. The Balaban J connectivity index is 1.85. The average Bonchev–Trinajstić information content (AvgIpc) is 2.94. The first-order chi connectivity index (χ1) is 9.78. The summed E-state index contributed by atoms with van der Waals surface area (Å²) in [7, 11) is 0. The molecular weight excluding hydrogens is 310 g/mol. The molecule has 1 aromatic carbocycles. The van der Waals surface area contributed by atoms with Crippen LogP contribution in [0.15, 0.2) is 51.7 Å². The highest BCUT2D eigenvalue weighted by Gasteiger charge is 2.04. The van der Waals surface area contributed by atoms with Gasteiger partial charge in [0.15, 0.2) is 4.34 Å². The van der Waals surface area contributed by atoms with Gasteiger partial charge in [-0.3, -0.25) is 4.79 Å². The fourth-order valence-corrected chi connectivity index (χ4v) is 3.34. The smallest absolute Gasteiger partial charge is 0.234 e. The van der Waals surface area contributed by atoms with E-state index in [2.05, 4.69) is 22.1 Å². The van der Waals surface area contributed by atoms with Gasteiger partial charge in [0.1, 0.15) is 5.51 Å². The summed E-state index contributed by atoms with van der Waals surface area (Å²) in [6.07, 6.45) is 1.79. The lowest BCUT2D eigenvalue weighted by Gasteiger charge is -2.05. The van der Waals surface area contributed by atoms with Gasteiger partial charge >= 0.3 is 0 Å². The van der Waals surface area contributed by atoms with E-state index in [1.165, 1.54) is 23.1 Å². The van der Waals surface area contributed by atoms with Crippen molar-refractivity contribution in [1.29, 1.82) is 0 Å². The predicted molar refractivity (Wildman–Crippen MR) is 86.6 cm³/mol. The topological polar surface area (TPSA) is 54.9 Å². The van der Waals surface area contributed by atoms with Crippen molar-refractivity contribution in [3.63, 3.8) is 0 Å². The van der Waals surface area contributed by atoms with Crippen LogP contribution in [0, 0.1) is 0 Å². The van der Waals surface area contributed by atoms with Crippen LogP contribution in [0.2, 0.25) is 0 Å². The van der Waals surface area contributed by atoms with Gasteiger partial charge in [0.2, 0.25) is 5.91 Å². The maximum absolute atomic E-state index is 11.6. The Hall–Kier alpha value is -1.31. The van der Waals surface area contributed by atoms with Crippen molar-refractivity contribution in [2.45, 2.75) is 9.24 Å². The summed E-state index contributed by atoms with van der Waals surface area (Å²) in [5, 5.41) is 10.6. The molecule has 0 unspecified atom stereocenters. The minimum atomic E-state index is 0.00127. The molecule has 0 aliphatic heterocycles. The zero-order chi connectivity index (χ0) is 14.2. The third-order valence-corrected chi connectivity index (χ3v) is 4.88. The second kappa shape index (κ2) is 8.08. The van der Waals surface area contributed by atoms with Gasteiger partial charge in [-0.15, -0.1) is 28.5 Å². The number of carbonyl (C=O) groups is 1. The molecule has 1 heterocycles. The summed E-state index contributed by atoms with van der Waals surface area (Å²) in [4.78, 5) is 12.7. The number of amides is 1. The van der Waals surface area contributed by atoms with Crippen LogP contribution in [0.5, 0.6) is 0 Å². The highest BCUT2D eigenvalue weighted by molar-refractivity contribution is 8.01.